The molecule has 1 amide bonds. The molecule has 21 heavy (non-hydrogen) atoms. The minimum absolute atomic E-state index is 0.229. The Morgan fingerprint density at radius 1 is 1.24 bits per heavy atom. The topological polar surface area (TPSA) is 64.6 Å². The second-order valence-corrected chi connectivity index (χ2v) is 5.02. The van der Waals surface area contributed by atoms with Crippen LogP contribution >= 0.6 is 0 Å². The fourth-order valence-corrected chi connectivity index (χ4v) is 1.74. The maximum absolute atomic E-state index is 12.7. The summed E-state index contributed by atoms with van der Waals surface area (Å²) in [5.41, 5.74) is 0. The van der Waals surface area contributed by atoms with E-state index in [1.54, 1.807) is 0 Å². The molecule has 0 heterocycles. The van der Waals surface area contributed by atoms with Crippen molar-refractivity contribution in [1.29, 1.82) is 0 Å². The molecule has 0 radical (unpaired) electrons. The average molecular weight is 297 g/mol. The van der Waals surface area contributed by atoms with Crippen molar-refractivity contribution < 1.29 is 23.5 Å². The van der Waals surface area contributed by atoms with Crippen LogP contribution in [0.25, 0.3) is 0 Å². The number of esters is 1. The lowest BCUT2D eigenvalue weighted by molar-refractivity contribution is -0.145. The van der Waals surface area contributed by atoms with E-state index in [0.29, 0.717) is 12.2 Å². The second kappa shape index (κ2) is 8.24. The molecule has 0 spiro atoms. The summed E-state index contributed by atoms with van der Waals surface area (Å²) in [5, 5.41) is 2.57. The van der Waals surface area contributed by atoms with Crippen LogP contribution in [0.15, 0.2) is 24.3 Å². The van der Waals surface area contributed by atoms with Crippen LogP contribution in [0.2, 0.25) is 0 Å². The number of amides is 1. The fourth-order valence-electron chi connectivity index (χ4n) is 1.74. The lowest BCUT2D eigenvalue weighted by Gasteiger charge is -2.18. The van der Waals surface area contributed by atoms with E-state index in [1.807, 2.05) is 13.8 Å². The molecule has 0 saturated carbocycles. The minimum Gasteiger partial charge on any atom is -0.484 e. The van der Waals surface area contributed by atoms with Crippen molar-refractivity contribution in [2.75, 3.05) is 13.7 Å². The van der Waals surface area contributed by atoms with Crippen molar-refractivity contribution in [3.05, 3.63) is 30.1 Å². The van der Waals surface area contributed by atoms with Gasteiger partial charge in [0.2, 0.25) is 0 Å². The molecule has 0 aliphatic carbocycles. The number of ether oxygens (including phenoxy) is 2. The Kier molecular flexibility index (Phi) is 6.65. The number of halogens is 1. The molecule has 116 valence electrons. The highest BCUT2D eigenvalue weighted by molar-refractivity contribution is 5.85. The Morgan fingerprint density at radius 2 is 1.86 bits per heavy atom. The van der Waals surface area contributed by atoms with Gasteiger partial charge in [-0.2, -0.15) is 0 Å². The van der Waals surface area contributed by atoms with Crippen molar-refractivity contribution >= 4 is 11.9 Å². The van der Waals surface area contributed by atoms with Crippen molar-refractivity contribution in [2.45, 2.75) is 26.3 Å². The van der Waals surface area contributed by atoms with Crippen LogP contribution in [0.4, 0.5) is 4.39 Å². The van der Waals surface area contributed by atoms with E-state index in [0.717, 1.165) is 0 Å². The van der Waals surface area contributed by atoms with E-state index >= 15 is 0 Å². The van der Waals surface area contributed by atoms with E-state index in [1.165, 1.54) is 31.4 Å². The predicted octanol–water partition coefficient (Wildman–Crippen LogP) is 1.91. The lowest BCUT2D eigenvalue weighted by Crippen LogP contribution is -2.44. The van der Waals surface area contributed by atoms with Crippen LogP contribution in [0.3, 0.4) is 0 Å². The minimum atomic E-state index is -0.695. The number of carbonyl (C=O) groups is 2. The van der Waals surface area contributed by atoms with Crippen LogP contribution in [-0.4, -0.2) is 31.6 Å². The molecule has 0 saturated heterocycles. The van der Waals surface area contributed by atoms with Gasteiger partial charge in [0.1, 0.15) is 17.6 Å². The summed E-state index contributed by atoms with van der Waals surface area (Å²) in [4.78, 5) is 23.4. The van der Waals surface area contributed by atoms with Crippen molar-refractivity contribution in [1.82, 2.24) is 5.32 Å². The van der Waals surface area contributed by atoms with E-state index in [4.69, 9.17) is 4.74 Å². The van der Waals surface area contributed by atoms with Crippen LogP contribution in [-0.2, 0) is 14.3 Å². The first-order valence-electron chi connectivity index (χ1n) is 6.68. The lowest BCUT2D eigenvalue weighted by atomic mass is 10.0. The summed E-state index contributed by atoms with van der Waals surface area (Å²) in [6, 6.07) is 4.63. The van der Waals surface area contributed by atoms with Gasteiger partial charge in [-0.15, -0.1) is 0 Å². The molecule has 0 aliphatic rings. The van der Waals surface area contributed by atoms with Crippen LogP contribution in [0, 0.1) is 11.7 Å². The Morgan fingerprint density at radius 3 is 2.38 bits per heavy atom. The van der Waals surface area contributed by atoms with Crippen LogP contribution in [0.5, 0.6) is 5.75 Å². The molecule has 0 fully saturated rings. The first-order chi connectivity index (χ1) is 9.92. The van der Waals surface area contributed by atoms with Gasteiger partial charge in [0, 0.05) is 0 Å². The third kappa shape index (κ3) is 6.25. The molecular formula is C15H20FNO4. The SMILES string of the molecule is COC(=O)C(CC(C)C)NC(=O)COc1ccc(F)cc1. The maximum atomic E-state index is 12.7. The molecule has 1 aromatic rings. The zero-order valence-electron chi connectivity index (χ0n) is 12.4. The third-order valence-electron chi connectivity index (χ3n) is 2.71. The molecular weight excluding hydrogens is 277 g/mol. The number of nitrogens with one attached hydrogen (secondary N) is 1. The zero-order chi connectivity index (χ0) is 15.8. The number of benzene rings is 1. The summed E-state index contributed by atoms with van der Waals surface area (Å²) >= 11 is 0. The molecule has 1 rings (SSSR count). The maximum Gasteiger partial charge on any atom is 0.328 e. The summed E-state index contributed by atoms with van der Waals surface area (Å²) < 4.78 is 22.6. The predicted molar refractivity (Wildman–Crippen MR) is 75.3 cm³/mol. The third-order valence-corrected chi connectivity index (χ3v) is 2.71. The van der Waals surface area contributed by atoms with Gasteiger partial charge in [-0.25, -0.2) is 9.18 Å². The highest BCUT2D eigenvalue weighted by Crippen LogP contribution is 2.11. The number of hydrogen-bond acceptors (Lipinski definition) is 4. The van der Waals surface area contributed by atoms with Gasteiger partial charge in [0.05, 0.1) is 7.11 Å². The molecule has 0 bridgehead atoms. The fraction of sp³-hybridized carbons (Fsp3) is 0.467. The number of rotatable bonds is 7. The smallest absolute Gasteiger partial charge is 0.328 e. The molecule has 0 aliphatic heterocycles. The van der Waals surface area contributed by atoms with E-state index < -0.39 is 17.9 Å². The number of carbonyl (C=O) groups excluding carboxylic acids is 2. The molecule has 5 nitrogen and oxygen atoms in total. The highest BCUT2D eigenvalue weighted by Gasteiger charge is 2.22. The number of hydrogen-bond donors (Lipinski definition) is 1. The molecule has 0 aromatic heterocycles. The summed E-state index contributed by atoms with van der Waals surface area (Å²) in [7, 11) is 1.27. The first kappa shape index (κ1) is 16.9. The molecule has 1 atom stereocenters. The molecule has 1 unspecified atom stereocenters. The van der Waals surface area contributed by atoms with Crippen molar-refractivity contribution in [3.8, 4) is 5.75 Å². The van der Waals surface area contributed by atoms with E-state index in [2.05, 4.69) is 10.1 Å². The second-order valence-electron chi connectivity index (χ2n) is 5.02. The largest absolute Gasteiger partial charge is 0.484 e. The van der Waals surface area contributed by atoms with Crippen molar-refractivity contribution in [3.63, 3.8) is 0 Å². The van der Waals surface area contributed by atoms with Crippen LogP contribution < -0.4 is 10.1 Å². The molecule has 1 aromatic carbocycles. The van der Waals surface area contributed by atoms with Crippen LogP contribution in [0.1, 0.15) is 20.3 Å². The van der Waals surface area contributed by atoms with Gasteiger partial charge in [0.15, 0.2) is 6.61 Å². The molecule has 6 heteroatoms. The standard InChI is InChI=1S/C15H20FNO4/c1-10(2)8-13(15(19)20-3)17-14(18)9-21-12-6-4-11(16)5-7-12/h4-7,10,13H,8-9H2,1-3H3,(H,17,18). The monoisotopic (exact) mass is 297 g/mol. The Bertz CT molecular complexity index is 473. The van der Waals surface area contributed by atoms with Gasteiger partial charge in [0.25, 0.3) is 5.91 Å². The van der Waals surface area contributed by atoms with Gasteiger partial charge in [-0.3, -0.25) is 4.79 Å². The highest BCUT2D eigenvalue weighted by atomic mass is 19.1. The van der Waals surface area contributed by atoms with Gasteiger partial charge in [-0.05, 0) is 36.6 Å². The normalized spacial score (nSPS) is 11.9. The Balaban J connectivity index is 2.49. The van der Waals surface area contributed by atoms with Gasteiger partial charge in [-0.1, -0.05) is 13.8 Å². The quantitative estimate of drug-likeness (QED) is 0.781. The summed E-state index contributed by atoms with van der Waals surface area (Å²) in [5.74, 6) is -0.693. The molecule has 1 N–H and O–H groups in total. The summed E-state index contributed by atoms with van der Waals surface area (Å²) in [6.45, 7) is 3.63. The first-order valence-corrected chi connectivity index (χ1v) is 6.68. The zero-order valence-corrected chi connectivity index (χ0v) is 12.4. The number of methoxy groups -OCH3 is 1. The van der Waals surface area contributed by atoms with E-state index in [9.17, 15) is 14.0 Å². The Hall–Kier alpha value is -2.11. The Labute approximate surface area is 123 Å². The average Bonchev–Trinajstić information content (AvgIpc) is 2.44. The summed E-state index contributed by atoms with van der Waals surface area (Å²) in [6.07, 6.45) is 0.481. The van der Waals surface area contributed by atoms with Crippen molar-refractivity contribution in [2.24, 2.45) is 5.92 Å². The van der Waals surface area contributed by atoms with Gasteiger partial charge < -0.3 is 14.8 Å². The van der Waals surface area contributed by atoms with Gasteiger partial charge >= 0.3 is 5.97 Å². The van der Waals surface area contributed by atoms with E-state index in [-0.39, 0.29) is 18.3 Å².